The van der Waals surface area contributed by atoms with Gasteiger partial charge in [-0.1, -0.05) is 6.42 Å². The Morgan fingerprint density at radius 2 is 1.75 bits per heavy atom. The van der Waals surface area contributed by atoms with Crippen LogP contribution in [0.4, 0.5) is 0 Å². The van der Waals surface area contributed by atoms with Crippen LogP contribution in [0.1, 0.15) is 19.3 Å². The average molecular weight is 255 g/mol. The van der Waals surface area contributed by atoms with Crippen LogP contribution in [0.5, 0.6) is 5.75 Å². The zero-order chi connectivity index (χ0) is 11.4. The van der Waals surface area contributed by atoms with Crippen molar-refractivity contribution in [3.8, 4) is 5.75 Å². The van der Waals surface area contributed by atoms with E-state index >= 15 is 0 Å². The van der Waals surface area contributed by atoms with Crippen molar-refractivity contribution in [3.63, 3.8) is 0 Å². The Morgan fingerprint density at radius 3 is 2.31 bits per heavy atom. The van der Waals surface area contributed by atoms with Crippen molar-refractivity contribution in [2.45, 2.75) is 19.3 Å². The second-order valence-corrected chi connectivity index (χ2v) is 6.80. The number of hydrogen-bond donors (Lipinski definition) is 1. The summed E-state index contributed by atoms with van der Waals surface area (Å²) in [6.45, 7) is 2.39. The Morgan fingerprint density at radius 1 is 1.12 bits per heavy atom. The molecule has 0 saturated carbocycles. The molecule has 1 saturated heterocycles. The Balaban J connectivity index is 2.04. The first kappa shape index (κ1) is 12.2. The summed E-state index contributed by atoms with van der Waals surface area (Å²) in [6.07, 6.45) is 4.00. The van der Waals surface area contributed by atoms with Crippen molar-refractivity contribution in [1.29, 1.82) is 0 Å². The van der Waals surface area contributed by atoms with E-state index in [0.29, 0.717) is 0 Å². The molecule has 0 amide bonds. The Kier molecular flexibility index (Phi) is 4.51. The fourth-order valence-electron chi connectivity index (χ4n) is 1.95. The standard InChI is InChI=1S/C12H18NOPS/c1-14-11-5-7-12(8-6-11)15(16)13-9-3-2-4-10-13/h5-8,16H,2-4,9-10H2,1H3. The number of thiol groups is 1. The molecule has 88 valence electrons. The van der Waals surface area contributed by atoms with Crippen molar-refractivity contribution in [3.05, 3.63) is 24.3 Å². The van der Waals surface area contributed by atoms with Gasteiger partial charge in [0.15, 0.2) is 0 Å². The number of hydrogen-bond acceptors (Lipinski definition) is 3. The number of nitrogens with zero attached hydrogens (tertiary/aromatic N) is 1. The molecule has 1 atom stereocenters. The number of ether oxygens (including phenoxy) is 1. The SMILES string of the molecule is COc1ccc(P(S)N2CCCCC2)cc1. The molecule has 0 aromatic heterocycles. The number of methoxy groups -OCH3 is 1. The third kappa shape index (κ3) is 2.91. The molecule has 0 N–H and O–H groups in total. The smallest absolute Gasteiger partial charge is 0.118 e. The average Bonchev–Trinajstić information content (AvgIpc) is 2.39. The second-order valence-electron chi connectivity index (χ2n) is 4.00. The molecule has 1 aliphatic heterocycles. The van der Waals surface area contributed by atoms with Crippen LogP contribution in [0.2, 0.25) is 0 Å². The van der Waals surface area contributed by atoms with E-state index < -0.39 is 7.27 Å². The van der Waals surface area contributed by atoms with Crippen LogP contribution in [-0.2, 0) is 0 Å². The molecular formula is C12H18NOPS. The zero-order valence-corrected chi connectivity index (χ0v) is 11.4. The summed E-state index contributed by atoms with van der Waals surface area (Å²) >= 11 is 4.78. The molecule has 0 aliphatic carbocycles. The molecule has 2 rings (SSSR count). The minimum Gasteiger partial charge on any atom is -0.497 e. The molecule has 1 heterocycles. The first-order valence-electron chi connectivity index (χ1n) is 5.69. The summed E-state index contributed by atoms with van der Waals surface area (Å²) in [4.78, 5) is 0. The van der Waals surface area contributed by atoms with Crippen molar-refractivity contribution in [1.82, 2.24) is 4.67 Å². The van der Waals surface area contributed by atoms with Crippen LogP contribution in [-0.4, -0.2) is 24.9 Å². The van der Waals surface area contributed by atoms with Crippen LogP contribution in [0.3, 0.4) is 0 Å². The fourth-order valence-corrected chi connectivity index (χ4v) is 4.29. The third-order valence-corrected chi connectivity index (χ3v) is 6.05. The highest BCUT2D eigenvalue weighted by atomic mass is 32.7. The largest absolute Gasteiger partial charge is 0.497 e. The minimum absolute atomic E-state index is 0.439. The Labute approximate surface area is 104 Å². The van der Waals surface area contributed by atoms with Crippen molar-refractivity contribution >= 4 is 24.8 Å². The molecule has 1 fully saturated rings. The Bertz CT molecular complexity index is 324. The molecule has 1 aromatic rings. The monoisotopic (exact) mass is 255 g/mol. The van der Waals surface area contributed by atoms with E-state index in [2.05, 4.69) is 16.8 Å². The number of rotatable bonds is 3. The summed E-state index contributed by atoms with van der Waals surface area (Å²) in [5.41, 5.74) is 0. The second kappa shape index (κ2) is 5.90. The van der Waals surface area contributed by atoms with Gasteiger partial charge in [-0.2, -0.15) is 0 Å². The molecule has 1 aromatic carbocycles. The predicted molar refractivity (Wildman–Crippen MR) is 74.0 cm³/mol. The molecule has 0 bridgehead atoms. The van der Waals surface area contributed by atoms with Gasteiger partial charge in [-0.25, -0.2) is 0 Å². The maximum Gasteiger partial charge on any atom is 0.118 e. The van der Waals surface area contributed by atoms with Gasteiger partial charge >= 0.3 is 0 Å². The molecular weight excluding hydrogens is 237 g/mol. The summed E-state index contributed by atoms with van der Waals surface area (Å²) in [5.74, 6) is 0.916. The van der Waals surface area contributed by atoms with Crippen LogP contribution in [0, 0.1) is 0 Å². The highest BCUT2D eigenvalue weighted by Crippen LogP contribution is 2.45. The zero-order valence-electron chi connectivity index (χ0n) is 9.59. The highest BCUT2D eigenvalue weighted by Gasteiger charge is 2.18. The van der Waals surface area contributed by atoms with E-state index in [0.717, 1.165) is 5.75 Å². The minimum atomic E-state index is -0.439. The van der Waals surface area contributed by atoms with Gasteiger partial charge in [-0.05, 0) is 37.1 Å². The molecule has 16 heavy (non-hydrogen) atoms. The molecule has 4 heteroatoms. The van der Waals surface area contributed by atoms with Crippen molar-refractivity contribution < 1.29 is 4.74 Å². The molecule has 0 radical (unpaired) electrons. The van der Waals surface area contributed by atoms with Crippen LogP contribution < -0.4 is 10.0 Å². The maximum absolute atomic E-state index is 5.16. The number of benzene rings is 1. The first-order valence-corrected chi connectivity index (χ1v) is 8.14. The van der Waals surface area contributed by atoms with Crippen molar-refractivity contribution in [2.75, 3.05) is 20.2 Å². The summed E-state index contributed by atoms with van der Waals surface area (Å²) in [6, 6.07) is 8.30. The van der Waals surface area contributed by atoms with E-state index in [-0.39, 0.29) is 0 Å². The third-order valence-electron chi connectivity index (χ3n) is 2.90. The maximum atomic E-state index is 5.16. The molecule has 2 nitrogen and oxygen atoms in total. The van der Waals surface area contributed by atoms with E-state index in [1.807, 2.05) is 12.1 Å². The van der Waals surface area contributed by atoms with Gasteiger partial charge in [0.05, 0.1) is 14.4 Å². The molecule has 1 unspecified atom stereocenters. The lowest BCUT2D eigenvalue weighted by Crippen LogP contribution is -2.26. The quantitative estimate of drug-likeness (QED) is 0.658. The lowest BCUT2D eigenvalue weighted by atomic mass is 10.2. The summed E-state index contributed by atoms with van der Waals surface area (Å²) in [7, 11) is 1.26. The lowest BCUT2D eigenvalue weighted by Gasteiger charge is -2.31. The van der Waals surface area contributed by atoms with Gasteiger partial charge < -0.3 is 4.74 Å². The van der Waals surface area contributed by atoms with E-state index in [9.17, 15) is 0 Å². The van der Waals surface area contributed by atoms with E-state index in [4.69, 9.17) is 17.0 Å². The van der Waals surface area contributed by atoms with Gasteiger partial charge in [0.2, 0.25) is 0 Å². The summed E-state index contributed by atoms with van der Waals surface area (Å²) < 4.78 is 7.67. The first-order chi connectivity index (χ1) is 7.81. The van der Waals surface area contributed by atoms with Gasteiger partial charge in [0.25, 0.3) is 0 Å². The van der Waals surface area contributed by atoms with Gasteiger partial charge in [0.1, 0.15) is 5.75 Å². The summed E-state index contributed by atoms with van der Waals surface area (Å²) in [5, 5.41) is 1.32. The Hall–Kier alpha value is -0.240. The van der Waals surface area contributed by atoms with E-state index in [1.54, 1.807) is 7.11 Å². The topological polar surface area (TPSA) is 12.5 Å². The fraction of sp³-hybridized carbons (Fsp3) is 0.500. The van der Waals surface area contributed by atoms with Crippen molar-refractivity contribution in [2.24, 2.45) is 0 Å². The molecule has 0 spiro atoms. The molecule has 1 aliphatic rings. The van der Waals surface area contributed by atoms with Crippen LogP contribution >= 0.6 is 19.5 Å². The van der Waals surface area contributed by atoms with Gasteiger partial charge in [-0.3, -0.25) is 4.67 Å². The highest BCUT2D eigenvalue weighted by molar-refractivity contribution is 8.47. The van der Waals surface area contributed by atoms with Crippen LogP contribution in [0.25, 0.3) is 0 Å². The van der Waals surface area contributed by atoms with E-state index in [1.165, 1.54) is 37.7 Å². The van der Waals surface area contributed by atoms with Gasteiger partial charge in [0, 0.05) is 18.4 Å². The van der Waals surface area contributed by atoms with Gasteiger partial charge in [-0.15, -0.1) is 12.2 Å². The van der Waals surface area contributed by atoms with Crippen LogP contribution in [0.15, 0.2) is 24.3 Å². The lowest BCUT2D eigenvalue weighted by molar-refractivity contribution is 0.375. The predicted octanol–water partition coefficient (Wildman–Crippen LogP) is 3.05. The normalized spacial score (nSPS) is 19.4. The number of piperidine rings is 1.